The second-order valence-electron chi connectivity index (χ2n) is 6.77. The summed E-state index contributed by atoms with van der Waals surface area (Å²) in [7, 11) is 0. The van der Waals surface area contributed by atoms with Crippen LogP contribution in [0, 0.1) is 0 Å². The first-order valence-corrected chi connectivity index (χ1v) is 9.29. The van der Waals surface area contributed by atoms with E-state index in [0.29, 0.717) is 19.7 Å². The van der Waals surface area contributed by atoms with Crippen molar-refractivity contribution < 1.29 is 14.3 Å². The smallest absolute Gasteiger partial charge is 0.240 e. The van der Waals surface area contributed by atoms with Gasteiger partial charge in [0, 0.05) is 19.6 Å². The van der Waals surface area contributed by atoms with E-state index in [-0.39, 0.29) is 18.1 Å². The molecule has 6 nitrogen and oxygen atoms in total. The van der Waals surface area contributed by atoms with Gasteiger partial charge in [-0.1, -0.05) is 12.1 Å². The SMILES string of the molecule is C[C@H]1OCCN[C@@H]1C(=O)NCc1ccc(OCCN2CCCC2)cc1. The Hall–Kier alpha value is -1.63. The highest BCUT2D eigenvalue weighted by Crippen LogP contribution is 2.13. The molecule has 0 radical (unpaired) electrons. The minimum atomic E-state index is -0.276. The van der Waals surface area contributed by atoms with Gasteiger partial charge < -0.3 is 20.1 Å². The van der Waals surface area contributed by atoms with Crippen molar-refractivity contribution in [1.82, 2.24) is 15.5 Å². The fraction of sp³-hybridized carbons (Fsp3) is 0.632. The van der Waals surface area contributed by atoms with Gasteiger partial charge in [0.25, 0.3) is 0 Å². The lowest BCUT2D eigenvalue weighted by Crippen LogP contribution is -2.55. The number of rotatable bonds is 7. The quantitative estimate of drug-likeness (QED) is 0.775. The molecule has 6 heteroatoms. The number of hydrogen-bond donors (Lipinski definition) is 2. The van der Waals surface area contributed by atoms with Crippen molar-refractivity contribution in [3.8, 4) is 5.75 Å². The minimum Gasteiger partial charge on any atom is -0.492 e. The van der Waals surface area contributed by atoms with Crippen LogP contribution in [0.3, 0.4) is 0 Å². The van der Waals surface area contributed by atoms with Crippen molar-refractivity contribution in [1.29, 1.82) is 0 Å². The maximum Gasteiger partial charge on any atom is 0.240 e. The molecule has 0 aromatic heterocycles. The van der Waals surface area contributed by atoms with Gasteiger partial charge in [-0.05, 0) is 50.6 Å². The van der Waals surface area contributed by atoms with Crippen LogP contribution >= 0.6 is 0 Å². The minimum absolute atomic E-state index is 0.0156. The summed E-state index contributed by atoms with van der Waals surface area (Å²) in [6, 6.07) is 7.66. The third-order valence-corrected chi connectivity index (χ3v) is 4.86. The summed E-state index contributed by atoms with van der Waals surface area (Å²) in [4.78, 5) is 14.7. The van der Waals surface area contributed by atoms with Gasteiger partial charge in [0.2, 0.25) is 5.91 Å². The zero-order chi connectivity index (χ0) is 17.5. The summed E-state index contributed by atoms with van der Waals surface area (Å²) < 4.78 is 11.3. The lowest BCUT2D eigenvalue weighted by Gasteiger charge is -2.29. The monoisotopic (exact) mass is 347 g/mol. The van der Waals surface area contributed by atoms with E-state index in [2.05, 4.69) is 15.5 Å². The summed E-state index contributed by atoms with van der Waals surface area (Å²) in [5.74, 6) is 0.864. The lowest BCUT2D eigenvalue weighted by molar-refractivity contribution is -0.129. The normalized spacial score (nSPS) is 24.2. The van der Waals surface area contributed by atoms with Crippen LogP contribution in [-0.2, 0) is 16.1 Å². The number of carbonyl (C=O) groups excluding carboxylic acids is 1. The lowest BCUT2D eigenvalue weighted by atomic mass is 10.1. The highest BCUT2D eigenvalue weighted by Gasteiger charge is 2.27. The number of morpholine rings is 1. The predicted octanol–water partition coefficient (Wildman–Crippen LogP) is 1.15. The second-order valence-corrected chi connectivity index (χ2v) is 6.77. The first kappa shape index (κ1) is 18.2. The summed E-state index contributed by atoms with van der Waals surface area (Å²) in [5.41, 5.74) is 1.06. The molecule has 2 heterocycles. The van der Waals surface area contributed by atoms with Crippen LogP contribution in [0.5, 0.6) is 5.75 Å². The van der Waals surface area contributed by atoms with Gasteiger partial charge in [0.15, 0.2) is 0 Å². The molecule has 3 rings (SSSR count). The van der Waals surface area contributed by atoms with E-state index >= 15 is 0 Å². The number of nitrogens with one attached hydrogen (secondary N) is 2. The third-order valence-electron chi connectivity index (χ3n) is 4.86. The highest BCUT2D eigenvalue weighted by molar-refractivity contribution is 5.82. The van der Waals surface area contributed by atoms with Crippen LogP contribution < -0.4 is 15.4 Å². The van der Waals surface area contributed by atoms with Gasteiger partial charge in [-0.15, -0.1) is 0 Å². The molecular weight excluding hydrogens is 318 g/mol. The molecule has 1 aromatic rings. The predicted molar refractivity (Wildman–Crippen MR) is 96.7 cm³/mol. The average Bonchev–Trinajstić information content (AvgIpc) is 3.15. The Morgan fingerprint density at radius 3 is 2.80 bits per heavy atom. The molecule has 0 bridgehead atoms. The van der Waals surface area contributed by atoms with E-state index in [1.54, 1.807) is 0 Å². The van der Waals surface area contributed by atoms with E-state index in [0.717, 1.165) is 24.5 Å². The molecule has 0 spiro atoms. The van der Waals surface area contributed by atoms with Crippen LogP contribution in [0.2, 0.25) is 0 Å². The number of amides is 1. The van der Waals surface area contributed by atoms with Crippen LogP contribution in [0.4, 0.5) is 0 Å². The zero-order valence-corrected chi connectivity index (χ0v) is 15.0. The summed E-state index contributed by atoms with van der Waals surface area (Å²) >= 11 is 0. The topological polar surface area (TPSA) is 62.8 Å². The van der Waals surface area contributed by atoms with Crippen molar-refractivity contribution in [2.24, 2.45) is 0 Å². The molecule has 2 atom stereocenters. The standard InChI is InChI=1S/C19H29N3O3/c1-15-18(20-8-12-24-15)19(23)21-14-16-4-6-17(7-5-16)25-13-11-22-9-2-3-10-22/h4-7,15,18,20H,2-3,8-14H2,1H3,(H,21,23)/t15-,18+/m1/s1. The number of likely N-dealkylation sites (tertiary alicyclic amines) is 1. The van der Waals surface area contributed by atoms with Gasteiger partial charge in [0.05, 0.1) is 12.7 Å². The van der Waals surface area contributed by atoms with Crippen LogP contribution in [-0.4, -0.2) is 62.3 Å². The highest BCUT2D eigenvalue weighted by atomic mass is 16.5. The van der Waals surface area contributed by atoms with Crippen LogP contribution in [0.15, 0.2) is 24.3 Å². The molecule has 2 saturated heterocycles. The number of benzene rings is 1. The van der Waals surface area contributed by atoms with Crippen molar-refractivity contribution in [2.45, 2.75) is 38.5 Å². The molecule has 138 valence electrons. The fourth-order valence-electron chi connectivity index (χ4n) is 3.33. The van der Waals surface area contributed by atoms with Crippen LogP contribution in [0.25, 0.3) is 0 Å². The Morgan fingerprint density at radius 1 is 1.32 bits per heavy atom. The first-order chi connectivity index (χ1) is 12.2. The van der Waals surface area contributed by atoms with Gasteiger partial charge >= 0.3 is 0 Å². The Bertz CT molecular complexity index is 543. The molecule has 25 heavy (non-hydrogen) atoms. The Morgan fingerprint density at radius 2 is 2.08 bits per heavy atom. The van der Waals surface area contributed by atoms with E-state index in [4.69, 9.17) is 9.47 Å². The van der Waals surface area contributed by atoms with Gasteiger partial charge in [-0.2, -0.15) is 0 Å². The largest absolute Gasteiger partial charge is 0.492 e. The van der Waals surface area contributed by atoms with Gasteiger partial charge in [0.1, 0.15) is 18.4 Å². The molecular formula is C19H29N3O3. The fourth-order valence-corrected chi connectivity index (χ4v) is 3.33. The average molecular weight is 347 g/mol. The molecule has 1 amide bonds. The third kappa shape index (κ3) is 5.42. The number of nitrogens with zero attached hydrogens (tertiary/aromatic N) is 1. The maximum absolute atomic E-state index is 12.2. The molecule has 0 saturated carbocycles. The second kappa shape index (κ2) is 9.17. The van der Waals surface area contributed by atoms with E-state index in [1.807, 2.05) is 31.2 Å². The van der Waals surface area contributed by atoms with E-state index in [1.165, 1.54) is 25.9 Å². The number of carbonyl (C=O) groups is 1. The first-order valence-electron chi connectivity index (χ1n) is 9.29. The molecule has 1 aromatic carbocycles. The Kier molecular flexibility index (Phi) is 6.67. The Labute approximate surface area is 149 Å². The summed E-state index contributed by atoms with van der Waals surface area (Å²) in [6.07, 6.45) is 2.52. The van der Waals surface area contributed by atoms with Crippen molar-refractivity contribution >= 4 is 5.91 Å². The molecule has 2 aliphatic rings. The molecule has 2 aliphatic heterocycles. The van der Waals surface area contributed by atoms with Gasteiger partial charge in [-0.25, -0.2) is 0 Å². The maximum atomic E-state index is 12.2. The van der Waals surface area contributed by atoms with Crippen molar-refractivity contribution in [3.05, 3.63) is 29.8 Å². The Balaban J connectivity index is 1.38. The summed E-state index contributed by atoms with van der Waals surface area (Å²) in [5, 5.41) is 6.17. The van der Waals surface area contributed by atoms with E-state index < -0.39 is 0 Å². The summed E-state index contributed by atoms with van der Waals surface area (Å²) in [6.45, 7) is 7.91. The van der Waals surface area contributed by atoms with Crippen molar-refractivity contribution in [3.63, 3.8) is 0 Å². The zero-order valence-electron chi connectivity index (χ0n) is 15.0. The number of ether oxygens (including phenoxy) is 2. The van der Waals surface area contributed by atoms with Gasteiger partial charge in [-0.3, -0.25) is 9.69 Å². The molecule has 0 unspecified atom stereocenters. The van der Waals surface area contributed by atoms with Crippen LogP contribution in [0.1, 0.15) is 25.3 Å². The van der Waals surface area contributed by atoms with Crippen molar-refractivity contribution in [2.75, 3.05) is 39.4 Å². The molecule has 2 fully saturated rings. The molecule has 2 N–H and O–H groups in total. The number of hydrogen-bond acceptors (Lipinski definition) is 5. The molecule has 0 aliphatic carbocycles. The van der Waals surface area contributed by atoms with E-state index in [9.17, 15) is 4.79 Å².